The minimum atomic E-state index is -1.45. The van der Waals surface area contributed by atoms with Crippen molar-refractivity contribution in [1.29, 1.82) is 0 Å². The van der Waals surface area contributed by atoms with Crippen molar-refractivity contribution in [3.8, 4) is 0 Å². The first-order valence-electron chi connectivity index (χ1n) is 11.6. The Hall–Kier alpha value is 1.05. The summed E-state index contributed by atoms with van der Waals surface area (Å²) in [6.45, 7) is 39.2. The number of hydrogen-bond donors (Lipinski definition) is 0. The maximum Gasteiger partial charge on any atom is 3.00 e. The Morgan fingerprint density at radius 3 is 0.412 bits per heavy atom. The summed E-state index contributed by atoms with van der Waals surface area (Å²) in [6.07, 6.45) is 6.27. The van der Waals surface area contributed by atoms with Gasteiger partial charge in [-0.05, 0) is 0 Å². The second-order valence-corrected chi connectivity index (χ2v) is 44.4. The van der Waals surface area contributed by atoms with Gasteiger partial charge in [0.1, 0.15) is 49.4 Å². The minimum absolute atomic E-state index is 0. The molecular weight excluding hydrogens is 661 g/mol. The molecule has 0 spiro atoms. The van der Waals surface area contributed by atoms with Gasteiger partial charge in [0.2, 0.25) is 0 Å². The number of amides is 3. The fourth-order valence-corrected chi connectivity index (χ4v) is 29.6. The maximum absolute atomic E-state index is 10.7. The first-order chi connectivity index (χ1) is 14.1. The van der Waals surface area contributed by atoms with Crippen molar-refractivity contribution >= 4 is 68.6 Å². The molecule has 0 N–H and O–H groups in total. The molecule has 0 unspecified atom stereocenters. The van der Waals surface area contributed by atoms with Gasteiger partial charge in [-0.15, -0.1) is 0 Å². The van der Waals surface area contributed by atoms with E-state index >= 15 is 0 Å². The quantitative estimate of drug-likeness (QED) is 0.166. The molecule has 0 rings (SSSR count). The Bertz CT molecular complexity index is 487. The zero-order valence-corrected chi connectivity index (χ0v) is 34.1. The van der Waals surface area contributed by atoms with Gasteiger partial charge in [-0.1, -0.05) is 118 Å². The van der Waals surface area contributed by atoms with E-state index in [2.05, 4.69) is 137 Å². The van der Waals surface area contributed by atoms with Crippen molar-refractivity contribution in [2.45, 2.75) is 118 Å². The van der Waals surface area contributed by atoms with Crippen LogP contribution in [-0.4, -0.2) is 81.3 Å². The molecule has 13 heteroatoms. The van der Waals surface area contributed by atoms with Crippen LogP contribution in [0.2, 0.25) is 118 Å². The molecule has 0 atom stereocenters. The van der Waals surface area contributed by atoms with E-state index in [4.69, 9.17) is 0 Å². The summed E-state index contributed by atoms with van der Waals surface area (Å²) in [5, 5.41) is 0. The van der Waals surface area contributed by atoms with Gasteiger partial charge in [-0.25, -0.2) is 0 Å². The molecule has 0 aromatic heterocycles. The monoisotopic (exact) mass is 716 g/mol. The Morgan fingerprint density at radius 1 is 0.324 bits per heavy atom. The molecule has 0 heterocycles. The summed E-state index contributed by atoms with van der Waals surface area (Å²) in [7, 11) is -8.70. The van der Waals surface area contributed by atoms with Gasteiger partial charge in [-0.3, -0.25) is 0 Å². The molecule has 3 amide bonds. The molecule has 6 nitrogen and oxygen atoms in total. The maximum atomic E-state index is 10.7. The van der Waals surface area contributed by atoms with E-state index in [1.54, 1.807) is 0 Å². The van der Waals surface area contributed by atoms with E-state index in [0.29, 0.717) is 0 Å². The van der Waals surface area contributed by atoms with E-state index in [0.717, 1.165) is 0 Å². The predicted octanol–water partition coefficient (Wildman–Crippen LogP) is 6.08. The molecule has 0 aliphatic carbocycles. The predicted molar refractivity (Wildman–Crippen MR) is 163 cm³/mol. The van der Waals surface area contributed by atoms with E-state index < -0.39 is 49.4 Å². The Balaban J connectivity index is -0.000000196. The third kappa shape index (κ3) is 18.3. The Morgan fingerprint density at radius 2 is 0.412 bits per heavy atom. The molecule has 0 aliphatic heterocycles. The number of nitrogens with zero attached hydrogens (tertiary/aromatic N) is 3. The molecular formula is C21H54N3O3Si6Sm. The van der Waals surface area contributed by atoms with Crippen molar-refractivity contribution in [1.82, 2.24) is 12.7 Å². The largest absolute Gasteiger partial charge is 3.00 e. The molecule has 0 saturated heterocycles. The van der Waals surface area contributed by atoms with Crippen LogP contribution >= 0.6 is 0 Å². The average Bonchev–Trinajstić information content (AvgIpc) is 2.40. The number of carbonyl (C=O) groups excluding carboxylic acids is 3. The van der Waals surface area contributed by atoms with Gasteiger partial charge in [-0.2, -0.15) is 19.2 Å². The minimum Gasteiger partial charge on any atom is -0.573 e. The van der Waals surface area contributed by atoms with Crippen LogP contribution in [0.4, 0.5) is 0 Å². The van der Waals surface area contributed by atoms with E-state index in [9.17, 15) is 14.4 Å². The molecule has 0 saturated carbocycles. The zero-order valence-electron chi connectivity index (χ0n) is 25.5. The van der Waals surface area contributed by atoms with Crippen molar-refractivity contribution < 1.29 is 54.8 Å². The van der Waals surface area contributed by atoms with Crippen LogP contribution in [0, 0.1) is 40.4 Å². The van der Waals surface area contributed by atoms with E-state index in [-0.39, 0.29) is 40.4 Å². The van der Waals surface area contributed by atoms with Crippen LogP contribution in [0.5, 0.6) is 0 Å². The van der Waals surface area contributed by atoms with Gasteiger partial charge in [0.25, 0.3) is 0 Å². The third-order valence-corrected chi connectivity index (χ3v) is 25.0. The molecule has 34 heavy (non-hydrogen) atoms. The fraction of sp³-hybridized carbons (Fsp3) is 0.857. The summed E-state index contributed by atoms with van der Waals surface area (Å²) in [5.74, 6) is 0. The van der Waals surface area contributed by atoms with Crippen LogP contribution in [-0.2, 0) is 14.4 Å². The SMILES string of the molecule is C[Si](C)(C)N([C-]=O)[Si](C)(C)C.C[Si](C)(C)N([C-]=O)[Si](C)(C)C.C[Si](C)(C)N([C-]=O)[Si](C)(C)C.[Sm+3]. The van der Waals surface area contributed by atoms with Crippen LogP contribution < -0.4 is 0 Å². The smallest absolute Gasteiger partial charge is 0.573 e. The Kier molecular flexibility index (Phi) is 19.2. The summed E-state index contributed by atoms with van der Waals surface area (Å²) in [5.41, 5.74) is 0. The fourth-order valence-electron chi connectivity index (χ4n) is 3.84. The molecule has 0 aromatic carbocycles. The third-order valence-electron chi connectivity index (χ3n) is 4.30. The topological polar surface area (TPSA) is 60.9 Å². The second kappa shape index (κ2) is 15.5. The standard InChI is InChI=1S/3C7H18NOSi2.Sm/c3*1-10(2,3)8(7-9)11(4,5)6;/h3*1-6H3;/q3*-1;+3. The van der Waals surface area contributed by atoms with Crippen molar-refractivity contribution in [3.63, 3.8) is 0 Å². The summed E-state index contributed by atoms with van der Waals surface area (Å²) in [6, 6.07) is 0. The van der Waals surface area contributed by atoms with Crippen molar-refractivity contribution in [3.05, 3.63) is 0 Å². The van der Waals surface area contributed by atoms with Crippen molar-refractivity contribution in [2.24, 2.45) is 0 Å². The van der Waals surface area contributed by atoms with Crippen molar-refractivity contribution in [2.75, 3.05) is 0 Å². The summed E-state index contributed by atoms with van der Waals surface area (Å²) < 4.78 is 5.92. The molecule has 0 aromatic rings. The average molecular weight is 716 g/mol. The summed E-state index contributed by atoms with van der Waals surface area (Å²) >= 11 is 0. The van der Waals surface area contributed by atoms with Gasteiger partial charge in [0, 0.05) is 0 Å². The van der Waals surface area contributed by atoms with Crippen LogP contribution in [0.3, 0.4) is 0 Å². The first kappa shape index (κ1) is 42.1. The molecule has 201 valence electrons. The number of hydrogen-bond acceptors (Lipinski definition) is 3. The van der Waals surface area contributed by atoms with Crippen LogP contribution in [0.15, 0.2) is 0 Å². The first-order valence-corrected chi connectivity index (χ1v) is 32.3. The molecule has 0 aliphatic rings. The van der Waals surface area contributed by atoms with Gasteiger partial charge >= 0.3 is 40.4 Å². The normalized spacial score (nSPS) is 12.5. The molecule has 0 fully saturated rings. The van der Waals surface area contributed by atoms with Gasteiger partial charge in [0.15, 0.2) is 0 Å². The van der Waals surface area contributed by atoms with Crippen LogP contribution in [0.25, 0.3) is 0 Å². The molecule has 0 bridgehead atoms. The van der Waals surface area contributed by atoms with Gasteiger partial charge in [0.05, 0.1) is 0 Å². The van der Waals surface area contributed by atoms with E-state index in [1.807, 2.05) is 12.7 Å². The molecule has 1 radical (unpaired) electrons. The second-order valence-electron chi connectivity index (χ2n) is 14.3. The Labute approximate surface area is 251 Å². The van der Waals surface area contributed by atoms with Gasteiger partial charge < -0.3 is 27.1 Å². The zero-order chi connectivity index (χ0) is 27.9. The van der Waals surface area contributed by atoms with Crippen LogP contribution in [0.1, 0.15) is 0 Å². The summed E-state index contributed by atoms with van der Waals surface area (Å²) in [4.78, 5) is 32.0. The van der Waals surface area contributed by atoms with E-state index in [1.165, 1.54) is 0 Å². The number of rotatable bonds is 9.